The van der Waals surface area contributed by atoms with Crippen LogP contribution >= 0.6 is 27.7 Å². The van der Waals surface area contributed by atoms with E-state index in [-0.39, 0.29) is 0 Å². The summed E-state index contributed by atoms with van der Waals surface area (Å²) in [5.74, 6) is 2.50. The summed E-state index contributed by atoms with van der Waals surface area (Å²) in [6.07, 6.45) is 1.29. The molecule has 2 rings (SSSR count). The van der Waals surface area contributed by atoms with Gasteiger partial charge < -0.3 is 5.32 Å². The molecule has 1 N–H and O–H groups in total. The van der Waals surface area contributed by atoms with Crippen LogP contribution in [0.1, 0.15) is 18.9 Å². The van der Waals surface area contributed by atoms with E-state index in [0.717, 1.165) is 13.1 Å². The summed E-state index contributed by atoms with van der Waals surface area (Å²) >= 11 is 5.54. The molecule has 0 spiro atoms. The Labute approximate surface area is 111 Å². The van der Waals surface area contributed by atoms with Crippen LogP contribution in [0.5, 0.6) is 0 Å². The molecule has 1 aliphatic heterocycles. The van der Waals surface area contributed by atoms with Crippen molar-refractivity contribution in [2.45, 2.75) is 18.8 Å². The summed E-state index contributed by atoms with van der Waals surface area (Å²) in [7, 11) is 0. The molecule has 16 heavy (non-hydrogen) atoms. The second kappa shape index (κ2) is 5.56. The summed E-state index contributed by atoms with van der Waals surface area (Å²) in [4.78, 5) is 0. The highest BCUT2D eigenvalue weighted by atomic mass is 79.9. The third kappa shape index (κ3) is 2.63. The summed E-state index contributed by atoms with van der Waals surface area (Å²) in [5, 5.41) is 3.42. The van der Waals surface area contributed by atoms with Crippen LogP contribution in [0.15, 0.2) is 28.7 Å². The molecule has 1 aliphatic rings. The zero-order valence-corrected chi connectivity index (χ0v) is 12.0. The van der Waals surface area contributed by atoms with Crippen LogP contribution < -0.4 is 5.32 Å². The number of nitrogens with one attached hydrogen (secondary N) is 1. The van der Waals surface area contributed by atoms with Gasteiger partial charge in [-0.2, -0.15) is 11.8 Å². The van der Waals surface area contributed by atoms with Gasteiger partial charge in [-0.3, -0.25) is 0 Å². The molecular weight excluding hydrogens is 282 g/mol. The zero-order chi connectivity index (χ0) is 11.4. The van der Waals surface area contributed by atoms with E-state index >= 15 is 0 Å². The van der Waals surface area contributed by atoms with Gasteiger partial charge in [-0.1, -0.05) is 35.0 Å². The number of thioether (sulfide) groups is 1. The predicted octanol–water partition coefficient (Wildman–Crippen LogP) is 3.43. The van der Waals surface area contributed by atoms with Crippen LogP contribution in [-0.2, 0) is 5.41 Å². The Morgan fingerprint density at radius 1 is 1.31 bits per heavy atom. The molecule has 0 unspecified atom stereocenters. The minimum Gasteiger partial charge on any atom is -0.315 e. The van der Waals surface area contributed by atoms with Crippen molar-refractivity contribution in [3.63, 3.8) is 0 Å². The fourth-order valence-corrected chi connectivity index (χ4v) is 3.26. The summed E-state index contributed by atoms with van der Waals surface area (Å²) in [5.41, 5.74) is 1.90. The maximum atomic E-state index is 3.50. The lowest BCUT2D eigenvalue weighted by Crippen LogP contribution is -2.57. The zero-order valence-electron chi connectivity index (χ0n) is 9.63. The summed E-state index contributed by atoms with van der Waals surface area (Å²) in [6, 6.07) is 8.84. The lowest BCUT2D eigenvalue weighted by Gasteiger charge is -2.43. The smallest absolute Gasteiger partial charge is 0.0210 e. The van der Waals surface area contributed by atoms with Crippen LogP contribution in [0.4, 0.5) is 0 Å². The van der Waals surface area contributed by atoms with Gasteiger partial charge in [-0.15, -0.1) is 0 Å². The Kier molecular flexibility index (Phi) is 4.34. The van der Waals surface area contributed by atoms with Gasteiger partial charge in [0.1, 0.15) is 0 Å². The van der Waals surface area contributed by atoms with Crippen LogP contribution in [0, 0.1) is 0 Å². The number of benzene rings is 1. The average molecular weight is 300 g/mol. The van der Waals surface area contributed by atoms with Crippen LogP contribution in [0.2, 0.25) is 0 Å². The van der Waals surface area contributed by atoms with Crippen molar-refractivity contribution < 1.29 is 0 Å². The normalized spacial score (nSPS) is 18.1. The number of halogens is 1. The Hall–Kier alpha value is 0.01000. The molecule has 0 saturated carbocycles. The maximum Gasteiger partial charge on any atom is 0.0210 e. The first-order valence-electron chi connectivity index (χ1n) is 5.81. The van der Waals surface area contributed by atoms with E-state index in [4.69, 9.17) is 0 Å². The fourth-order valence-electron chi connectivity index (χ4n) is 2.17. The van der Waals surface area contributed by atoms with Crippen molar-refractivity contribution >= 4 is 27.7 Å². The molecule has 1 aromatic carbocycles. The van der Waals surface area contributed by atoms with Crippen molar-refractivity contribution in [3.8, 4) is 0 Å². The van der Waals surface area contributed by atoms with E-state index in [1.165, 1.54) is 28.0 Å². The number of hydrogen-bond acceptors (Lipinski definition) is 2. The quantitative estimate of drug-likeness (QED) is 0.836. The van der Waals surface area contributed by atoms with Gasteiger partial charge in [0.25, 0.3) is 0 Å². The molecule has 0 atom stereocenters. The SMILES string of the molecule is CCSCCC1(c2ccc(Br)cc2)CNC1. The summed E-state index contributed by atoms with van der Waals surface area (Å²) in [6.45, 7) is 4.51. The molecule has 1 nitrogen and oxygen atoms in total. The predicted molar refractivity (Wildman–Crippen MR) is 76.3 cm³/mol. The third-order valence-electron chi connectivity index (χ3n) is 3.31. The lowest BCUT2D eigenvalue weighted by atomic mass is 9.73. The molecule has 1 heterocycles. The van der Waals surface area contributed by atoms with Gasteiger partial charge in [0.2, 0.25) is 0 Å². The lowest BCUT2D eigenvalue weighted by molar-refractivity contribution is 0.269. The molecule has 1 saturated heterocycles. The van der Waals surface area contributed by atoms with Gasteiger partial charge in [0, 0.05) is 23.0 Å². The van der Waals surface area contributed by atoms with Crippen LogP contribution in [-0.4, -0.2) is 24.6 Å². The molecule has 0 bridgehead atoms. The van der Waals surface area contributed by atoms with Crippen molar-refractivity contribution in [3.05, 3.63) is 34.3 Å². The maximum absolute atomic E-state index is 3.50. The highest BCUT2D eigenvalue weighted by Gasteiger charge is 2.37. The highest BCUT2D eigenvalue weighted by Crippen LogP contribution is 2.34. The van der Waals surface area contributed by atoms with Crippen molar-refractivity contribution in [2.24, 2.45) is 0 Å². The second-order valence-electron chi connectivity index (χ2n) is 4.34. The molecule has 1 aromatic rings. The molecule has 0 amide bonds. The first-order chi connectivity index (χ1) is 7.77. The van der Waals surface area contributed by atoms with E-state index in [2.05, 4.69) is 52.4 Å². The Bertz CT molecular complexity index is 332. The van der Waals surface area contributed by atoms with Crippen molar-refractivity contribution in [2.75, 3.05) is 24.6 Å². The first-order valence-corrected chi connectivity index (χ1v) is 7.76. The van der Waals surface area contributed by atoms with Gasteiger partial charge >= 0.3 is 0 Å². The molecule has 1 fully saturated rings. The van der Waals surface area contributed by atoms with Crippen LogP contribution in [0.3, 0.4) is 0 Å². The topological polar surface area (TPSA) is 12.0 Å². The van der Waals surface area contributed by atoms with E-state index < -0.39 is 0 Å². The molecule has 3 heteroatoms. The molecule has 0 aliphatic carbocycles. The van der Waals surface area contributed by atoms with Gasteiger partial charge in [0.05, 0.1) is 0 Å². The molecular formula is C13H18BrNS. The molecule has 0 radical (unpaired) electrons. The third-order valence-corrected chi connectivity index (χ3v) is 4.74. The van der Waals surface area contributed by atoms with Crippen LogP contribution in [0.25, 0.3) is 0 Å². The van der Waals surface area contributed by atoms with E-state index in [9.17, 15) is 0 Å². The Morgan fingerprint density at radius 2 is 2.00 bits per heavy atom. The monoisotopic (exact) mass is 299 g/mol. The average Bonchev–Trinajstić information content (AvgIpc) is 2.24. The van der Waals surface area contributed by atoms with Gasteiger partial charge in [0.15, 0.2) is 0 Å². The van der Waals surface area contributed by atoms with E-state index in [0.29, 0.717) is 5.41 Å². The number of hydrogen-bond donors (Lipinski definition) is 1. The van der Waals surface area contributed by atoms with Crippen molar-refractivity contribution in [1.29, 1.82) is 0 Å². The van der Waals surface area contributed by atoms with E-state index in [1.807, 2.05) is 11.8 Å². The molecule has 0 aromatic heterocycles. The summed E-state index contributed by atoms with van der Waals surface area (Å²) < 4.78 is 1.17. The standard InChI is InChI=1S/C13H18BrNS/c1-2-16-8-7-13(9-15-10-13)11-3-5-12(14)6-4-11/h3-6,15H,2,7-10H2,1H3. The number of rotatable bonds is 5. The fraction of sp³-hybridized carbons (Fsp3) is 0.538. The minimum atomic E-state index is 0.406. The Morgan fingerprint density at radius 3 is 2.50 bits per heavy atom. The van der Waals surface area contributed by atoms with Crippen molar-refractivity contribution in [1.82, 2.24) is 5.32 Å². The minimum absolute atomic E-state index is 0.406. The Balaban J connectivity index is 2.05. The molecule has 88 valence electrons. The largest absolute Gasteiger partial charge is 0.315 e. The van der Waals surface area contributed by atoms with E-state index in [1.54, 1.807) is 0 Å². The first kappa shape index (κ1) is 12.5. The highest BCUT2D eigenvalue weighted by molar-refractivity contribution is 9.10. The van der Waals surface area contributed by atoms with Gasteiger partial charge in [-0.25, -0.2) is 0 Å². The van der Waals surface area contributed by atoms with Gasteiger partial charge in [-0.05, 0) is 35.6 Å². The second-order valence-corrected chi connectivity index (χ2v) is 6.65.